The van der Waals surface area contributed by atoms with Crippen LogP contribution in [-0.4, -0.2) is 235 Å². The van der Waals surface area contributed by atoms with Crippen molar-refractivity contribution in [2.45, 2.75) is 232 Å². The number of aromatic amines is 1. The average molecular weight is 1690 g/mol. The second kappa shape index (κ2) is 49.3. The number of rotatable bonds is 39. The van der Waals surface area contributed by atoms with Gasteiger partial charge in [-0.1, -0.05) is 109 Å². The van der Waals surface area contributed by atoms with Gasteiger partial charge in [0, 0.05) is 49.4 Å². The van der Waals surface area contributed by atoms with Gasteiger partial charge in [-0.25, -0.2) is 4.39 Å². The van der Waals surface area contributed by atoms with E-state index in [1.807, 2.05) is 24.3 Å². The Hall–Kier alpha value is -10.6. The lowest BCUT2D eigenvalue weighted by Gasteiger charge is -2.29. The summed E-state index contributed by atoms with van der Waals surface area (Å²) < 4.78 is 15.1. The number of H-pyrrole nitrogens is 1. The number of hydrogen-bond acceptors (Lipinski definition) is 21. The minimum atomic E-state index is -1.75. The van der Waals surface area contributed by atoms with Crippen LogP contribution in [-0.2, 0) is 70.5 Å². The number of anilines is 1. The largest absolute Gasteiger partial charge is 0.391 e. The lowest BCUT2D eigenvalue weighted by atomic mass is 9.98. The van der Waals surface area contributed by atoms with Gasteiger partial charge < -0.3 is 117 Å². The first-order valence-electron chi connectivity index (χ1n) is 42.0. The van der Waals surface area contributed by atoms with Crippen LogP contribution < -0.4 is 97.4 Å². The van der Waals surface area contributed by atoms with E-state index >= 15 is 14.0 Å². The minimum Gasteiger partial charge on any atom is -0.391 e. The highest BCUT2D eigenvalue weighted by Crippen LogP contribution is 2.40. The van der Waals surface area contributed by atoms with Gasteiger partial charge in [-0.05, 0) is 189 Å². The molecule has 666 valence electrons. The van der Waals surface area contributed by atoms with E-state index in [0.29, 0.717) is 70.3 Å². The number of aliphatic hydroxyl groups is 2. The molecule has 0 radical (unpaired) electrons. The molecule has 36 heteroatoms. The van der Waals surface area contributed by atoms with Gasteiger partial charge in [0.2, 0.25) is 65.0 Å². The summed E-state index contributed by atoms with van der Waals surface area (Å²) in [5.41, 5.74) is 35.8. The number of nitrogens with one attached hydrogen (secondary N) is 13. The fraction of sp³-hybridized carbons (Fsp3) is 0.565. The van der Waals surface area contributed by atoms with Crippen molar-refractivity contribution >= 4 is 94.1 Å². The molecular formula is C85H129FN20O15. The molecule has 1 saturated heterocycles. The number of aromatic nitrogens is 1. The van der Waals surface area contributed by atoms with E-state index in [9.17, 15) is 63.0 Å². The molecule has 0 saturated carbocycles. The van der Waals surface area contributed by atoms with E-state index in [1.165, 1.54) is 26.0 Å². The highest BCUT2D eigenvalue weighted by atomic mass is 19.1. The van der Waals surface area contributed by atoms with Gasteiger partial charge >= 0.3 is 0 Å². The average Bonchev–Trinajstić information content (AvgIpc) is 1.61. The summed E-state index contributed by atoms with van der Waals surface area (Å²) in [4.78, 5) is 193. The number of hydrogen-bond donors (Lipinski definition) is 20. The zero-order valence-corrected chi connectivity index (χ0v) is 71.3. The van der Waals surface area contributed by atoms with E-state index in [-0.39, 0.29) is 114 Å². The Morgan fingerprint density at radius 2 is 1.15 bits per heavy atom. The number of nitrogens with zero attached hydrogens (tertiary/aromatic N) is 2. The maximum Gasteiger partial charge on any atom is 0.259 e. The van der Waals surface area contributed by atoms with E-state index in [2.05, 4.69) is 101 Å². The summed E-state index contributed by atoms with van der Waals surface area (Å²) in [7, 11) is 0. The van der Waals surface area contributed by atoms with Crippen molar-refractivity contribution in [1.82, 2.24) is 73.7 Å². The molecular weight excluding hydrogens is 1560 g/mol. The fourth-order valence-corrected chi connectivity index (χ4v) is 14.3. The molecule has 2 aliphatic heterocycles. The zero-order chi connectivity index (χ0) is 89.3. The molecule has 1 fully saturated rings. The van der Waals surface area contributed by atoms with Crippen LogP contribution in [0.1, 0.15) is 176 Å². The van der Waals surface area contributed by atoms with Crippen molar-refractivity contribution in [3.05, 3.63) is 112 Å². The number of fused-ring (bicyclic) bond motifs is 1. The minimum absolute atomic E-state index is 0.0277. The zero-order valence-electron chi connectivity index (χ0n) is 71.3. The summed E-state index contributed by atoms with van der Waals surface area (Å²) in [6, 6.07) is 2.92. The molecule has 0 aliphatic carbocycles. The highest BCUT2D eigenvalue weighted by Gasteiger charge is 2.40. The quantitative estimate of drug-likeness (QED) is 0.0201. The number of carbonyl (C=O) groups is 13. The van der Waals surface area contributed by atoms with E-state index < -0.39 is 156 Å². The Morgan fingerprint density at radius 3 is 1.69 bits per heavy atom. The molecule has 3 heterocycles. The molecule has 6 rings (SSSR count). The molecule has 3 aromatic carbocycles. The third-order valence-corrected chi connectivity index (χ3v) is 21.6. The number of likely N-dealkylation sites (N-methyl/N-ethyl adjacent to an activating group) is 1. The van der Waals surface area contributed by atoms with Gasteiger partial charge in [0.05, 0.1) is 35.6 Å². The molecule has 13 amide bonds. The Labute approximate surface area is 707 Å². The molecule has 0 bridgehead atoms. The predicted molar refractivity (Wildman–Crippen MR) is 457 cm³/mol. The van der Waals surface area contributed by atoms with Crippen LogP contribution >= 0.6 is 0 Å². The van der Waals surface area contributed by atoms with Gasteiger partial charge in [-0.2, -0.15) is 0 Å². The van der Waals surface area contributed by atoms with Gasteiger partial charge in [-0.15, -0.1) is 0 Å². The van der Waals surface area contributed by atoms with Crippen molar-refractivity contribution in [3.63, 3.8) is 0 Å². The van der Waals surface area contributed by atoms with Crippen molar-refractivity contribution in [1.29, 1.82) is 0 Å². The number of unbranched alkanes of at least 4 members (excludes halogenated alkanes) is 1. The van der Waals surface area contributed by atoms with Crippen molar-refractivity contribution in [3.8, 4) is 11.1 Å². The number of benzene rings is 3. The summed E-state index contributed by atoms with van der Waals surface area (Å²) in [5, 5.41) is 53.3. The van der Waals surface area contributed by atoms with Crippen molar-refractivity contribution in [2.75, 3.05) is 70.3 Å². The monoisotopic (exact) mass is 1690 g/mol. The van der Waals surface area contributed by atoms with Crippen LogP contribution in [0.3, 0.4) is 0 Å². The predicted octanol–water partition coefficient (Wildman–Crippen LogP) is -0.335. The second-order valence-corrected chi connectivity index (χ2v) is 31.5. The van der Waals surface area contributed by atoms with Gasteiger partial charge in [-0.3, -0.25) is 62.3 Å². The summed E-state index contributed by atoms with van der Waals surface area (Å²) in [5.74, 6) is -11.2. The fourth-order valence-electron chi connectivity index (χ4n) is 14.3. The second-order valence-electron chi connectivity index (χ2n) is 31.5. The molecule has 0 spiro atoms. The van der Waals surface area contributed by atoms with Gasteiger partial charge in [0.15, 0.2) is 0 Å². The van der Waals surface area contributed by atoms with Crippen molar-refractivity contribution in [2.24, 2.45) is 40.5 Å². The molecule has 2 aliphatic rings. The first kappa shape index (κ1) is 99.2. The van der Waals surface area contributed by atoms with Crippen LogP contribution in [0.4, 0.5) is 10.1 Å². The summed E-state index contributed by atoms with van der Waals surface area (Å²) in [6.07, 6.45) is -0.103. The van der Waals surface area contributed by atoms with Crippen LogP contribution in [0.15, 0.2) is 66.7 Å². The van der Waals surface area contributed by atoms with Crippen LogP contribution in [0.5, 0.6) is 0 Å². The lowest BCUT2D eigenvalue weighted by molar-refractivity contribution is -0.137. The van der Waals surface area contributed by atoms with Crippen LogP contribution in [0, 0.1) is 31.5 Å². The highest BCUT2D eigenvalue weighted by molar-refractivity contribution is 6.35. The Morgan fingerprint density at radius 1 is 0.612 bits per heavy atom. The third-order valence-electron chi connectivity index (χ3n) is 21.6. The smallest absolute Gasteiger partial charge is 0.259 e. The molecule has 13 atom stereocenters. The first-order valence-corrected chi connectivity index (χ1v) is 42.0. The SMILES string of the molecule is CCC(C)CCCCC(=O)N[C@@H](CCN)C(=O)N[C@H](C(=O)N[C@@H](CCN)C(=O)N[C@H]1CCNC(=O)[C@H]([C@@H](C)O)NC(=O)[C@H](CCN)NC(=O)[C@H](CCN)NC(=O)[C@H](CC(C)C)NC(=O)[C@@H](Cc2ccc(-c3ccc(CN4C(=O)/C(=C\c5[nH]c(C)c(C(=O)NCCN(CC)CC)c5C)c5cc(F)ccc54)cc3)cc2)NC(=O)C(CCN)NC1=O)[C@@H](C)O. The van der Waals surface area contributed by atoms with Crippen molar-refractivity contribution < 1.29 is 76.9 Å². The molecule has 121 heavy (non-hydrogen) atoms. The van der Waals surface area contributed by atoms with Gasteiger partial charge in [0.1, 0.15) is 66.2 Å². The Bertz CT molecular complexity index is 4210. The van der Waals surface area contributed by atoms with Crippen LogP contribution in [0.2, 0.25) is 0 Å². The number of amides is 13. The molecule has 4 aromatic rings. The van der Waals surface area contributed by atoms with E-state index in [0.717, 1.165) is 43.5 Å². The topological polar surface area (TPSA) is 559 Å². The molecule has 25 N–H and O–H groups in total. The summed E-state index contributed by atoms with van der Waals surface area (Å²) in [6.45, 7) is 19.2. The van der Waals surface area contributed by atoms with E-state index in [4.69, 9.17) is 28.7 Å². The first-order chi connectivity index (χ1) is 57.6. The summed E-state index contributed by atoms with van der Waals surface area (Å²) >= 11 is 0. The lowest BCUT2D eigenvalue weighted by Crippen LogP contribution is -2.62. The third kappa shape index (κ3) is 29.6. The number of nitrogens with two attached hydrogens (primary N) is 5. The normalized spacial score (nSPS) is 20.4. The number of halogens is 1. The number of carbonyl (C=O) groups excluding carboxylic acids is 13. The van der Waals surface area contributed by atoms with Gasteiger partial charge in [0.25, 0.3) is 11.8 Å². The van der Waals surface area contributed by atoms with E-state index in [1.54, 1.807) is 69.0 Å². The maximum atomic E-state index is 15.1. The Kier molecular flexibility index (Phi) is 40.5. The molecule has 1 aromatic heterocycles. The number of aliphatic hydroxyl groups excluding tert-OH is 2. The standard InChI is InChI=1S/C85H129FN20O15/c1-11-48(6)16-14-15-17-70(109)95-60(28-34-87)78(114)104-73(52(10)108)84(120)100-63(31-37-90)75(111)99-65-33-39-92-83(119)72(51(9)107)103-79(115)64(32-38-91)97-74(110)61(29-35-88)98-80(116)67(42-47(4)5)101-81(117)68(102-76(112)62(30-36-89)96-77(65)113)43-53-18-22-55(23-19-53)56-24-20-54(21-25-56)46-106-69-27-26-57(86)44-58(69)59(85(106)121)45-66-49(7)71(50(8)94-66)82(118)93-40-41-105(12-2)13-3/h18-27,44-45,47-48,51-52,60-65,67-68,72-73,94,107-108H,11-17,28-43,46,87-91H2,1-10H3,(H,92,119)(H,93,118)(H,95,109)(H,96,113)(H,97,110)(H,98,116)(H,99,111)(H,100,120)(H,101,117)(H,102,112)(H,103,115)(H,104,114)/b59-45-/t48?,51-,52-,60+,61+,62?,63+,64+,65+,67+,68-,72+,73+/m1/s1. The number of aryl methyl sites for hydroxylation is 1. The van der Waals surface area contributed by atoms with Crippen LogP contribution in [0.25, 0.3) is 22.8 Å². The molecule has 2 unspecified atom stereocenters. The maximum absolute atomic E-state index is 15.1. The Balaban J connectivity index is 1.31. The molecule has 35 nitrogen and oxygen atoms in total.